The predicted octanol–water partition coefficient (Wildman–Crippen LogP) is 1.78. The first kappa shape index (κ1) is 21.0. The zero-order chi connectivity index (χ0) is 20.5. The Bertz CT molecular complexity index is 800. The van der Waals surface area contributed by atoms with Crippen molar-refractivity contribution in [2.75, 3.05) is 32.9 Å². The van der Waals surface area contributed by atoms with Crippen molar-refractivity contribution in [3.05, 3.63) is 65.7 Å². The van der Waals surface area contributed by atoms with Crippen LogP contribution in [0.15, 0.2) is 59.7 Å². The van der Waals surface area contributed by atoms with Gasteiger partial charge in [-0.25, -0.2) is 5.43 Å². The molecule has 0 aliphatic carbocycles. The van der Waals surface area contributed by atoms with Gasteiger partial charge in [-0.15, -0.1) is 0 Å². The van der Waals surface area contributed by atoms with Crippen LogP contribution in [0.3, 0.4) is 0 Å². The maximum Gasteiger partial charge on any atom is 0.277 e. The van der Waals surface area contributed by atoms with Crippen LogP contribution in [-0.2, 0) is 16.0 Å². The Morgan fingerprint density at radius 2 is 1.83 bits per heavy atom. The maximum absolute atomic E-state index is 12.2. The standard InChI is InChI=1S/C23H29N3O3/c1-3-19-9-11-21(12-10-19)29-17-22(27)25-24-18(2)23(20-7-5-4-6-8-20)26-13-15-28-16-14-26/h4-12,23H,3,13-17H2,1-2H3,(H,25,27)/p+1/b24-18-/t23-/m0/s1. The molecular weight excluding hydrogens is 366 g/mol. The van der Waals surface area contributed by atoms with Crippen molar-refractivity contribution in [1.82, 2.24) is 5.43 Å². The molecule has 154 valence electrons. The average molecular weight is 397 g/mol. The van der Waals surface area contributed by atoms with Crippen LogP contribution in [0, 0.1) is 0 Å². The van der Waals surface area contributed by atoms with Crippen LogP contribution in [0.1, 0.15) is 31.0 Å². The third-order valence-electron chi connectivity index (χ3n) is 5.15. The number of ether oxygens (including phenoxy) is 2. The number of hydrogen-bond donors (Lipinski definition) is 2. The molecule has 0 saturated carbocycles. The van der Waals surface area contributed by atoms with E-state index in [1.54, 1.807) is 0 Å². The number of benzene rings is 2. The number of morpholine rings is 1. The minimum atomic E-state index is -0.271. The molecule has 1 aliphatic rings. The SMILES string of the molecule is CCc1ccc(OCC(=O)N/N=C(/C)[C@@H](c2ccccc2)[NH+]2CCOCC2)cc1. The second-order valence-corrected chi connectivity index (χ2v) is 7.19. The monoisotopic (exact) mass is 396 g/mol. The van der Waals surface area contributed by atoms with Crippen LogP contribution in [-0.4, -0.2) is 44.5 Å². The Morgan fingerprint density at radius 1 is 1.14 bits per heavy atom. The zero-order valence-electron chi connectivity index (χ0n) is 17.2. The summed E-state index contributed by atoms with van der Waals surface area (Å²) in [7, 11) is 0. The number of amides is 1. The molecule has 3 rings (SSSR count). The lowest BCUT2D eigenvalue weighted by molar-refractivity contribution is -0.928. The number of rotatable bonds is 8. The van der Waals surface area contributed by atoms with Crippen molar-refractivity contribution >= 4 is 11.6 Å². The summed E-state index contributed by atoms with van der Waals surface area (Å²) in [4.78, 5) is 13.6. The highest BCUT2D eigenvalue weighted by molar-refractivity contribution is 5.88. The molecule has 0 radical (unpaired) electrons. The normalized spacial score (nSPS) is 16.3. The third kappa shape index (κ3) is 6.14. The van der Waals surface area contributed by atoms with Crippen molar-refractivity contribution in [3.8, 4) is 5.75 Å². The van der Waals surface area contributed by atoms with Gasteiger partial charge in [0.05, 0.1) is 18.9 Å². The van der Waals surface area contributed by atoms with Crippen molar-refractivity contribution in [2.45, 2.75) is 26.3 Å². The van der Waals surface area contributed by atoms with Crippen LogP contribution >= 0.6 is 0 Å². The van der Waals surface area contributed by atoms with E-state index in [1.165, 1.54) is 16.0 Å². The summed E-state index contributed by atoms with van der Waals surface area (Å²) in [6.07, 6.45) is 0.975. The maximum atomic E-state index is 12.2. The summed E-state index contributed by atoms with van der Waals surface area (Å²) in [6, 6.07) is 18.2. The lowest BCUT2D eigenvalue weighted by Gasteiger charge is -2.31. The zero-order valence-corrected chi connectivity index (χ0v) is 17.2. The van der Waals surface area contributed by atoms with E-state index in [4.69, 9.17) is 9.47 Å². The molecule has 1 atom stereocenters. The van der Waals surface area contributed by atoms with Gasteiger partial charge < -0.3 is 14.4 Å². The molecule has 6 heteroatoms. The second-order valence-electron chi connectivity index (χ2n) is 7.19. The molecular formula is C23H30N3O3+. The van der Waals surface area contributed by atoms with E-state index in [2.05, 4.69) is 29.6 Å². The predicted molar refractivity (Wildman–Crippen MR) is 113 cm³/mol. The summed E-state index contributed by atoms with van der Waals surface area (Å²) in [5.41, 5.74) is 5.94. The first-order valence-electron chi connectivity index (χ1n) is 10.2. The number of carbonyl (C=O) groups excluding carboxylic acids is 1. The molecule has 2 aromatic rings. The fourth-order valence-corrected chi connectivity index (χ4v) is 3.56. The largest absolute Gasteiger partial charge is 0.484 e. The van der Waals surface area contributed by atoms with Gasteiger partial charge in [-0.2, -0.15) is 5.10 Å². The Balaban J connectivity index is 1.60. The molecule has 2 aromatic carbocycles. The highest BCUT2D eigenvalue weighted by atomic mass is 16.5. The molecule has 0 unspecified atom stereocenters. The molecule has 1 amide bonds. The Hall–Kier alpha value is -2.70. The Kier molecular flexibility index (Phi) is 7.78. The lowest BCUT2D eigenvalue weighted by atomic mass is 10.0. The highest BCUT2D eigenvalue weighted by Gasteiger charge is 2.29. The van der Waals surface area contributed by atoms with E-state index in [9.17, 15) is 4.79 Å². The van der Waals surface area contributed by atoms with E-state index < -0.39 is 0 Å². The van der Waals surface area contributed by atoms with Gasteiger partial charge in [-0.3, -0.25) is 4.79 Å². The van der Waals surface area contributed by atoms with E-state index in [1.807, 2.05) is 49.4 Å². The smallest absolute Gasteiger partial charge is 0.277 e. The number of carbonyl (C=O) groups is 1. The summed E-state index contributed by atoms with van der Waals surface area (Å²) >= 11 is 0. The average Bonchev–Trinajstić information content (AvgIpc) is 2.78. The van der Waals surface area contributed by atoms with E-state index in [-0.39, 0.29) is 18.6 Å². The van der Waals surface area contributed by atoms with E-state index in [0.717, 1.165) is 38.4 Å². The quantitative estimate of drug-likeness (QED) is 0.528. The summed E-state index contributed by atoms with van der Waals surface area (Å²) in [5.74, 6) is 0.408. The summed E-state index contributed by atoms with van der Waals surface area (Å²) in [6.45, 7) is 7.30. The fraction of sp³-hybridized carbons (Fsp3) is 0.391. The van der Waals surface area contributed by atoms with Gasteiger partial charge in [0.25, 0.3) is 5.91 Å². The topological polar surface area (TPSA) is 64.4 Å². The van der Waals surface area contributed by atoms with Crippen LogP contribution in [0.25, 0.3) is 0 Å². The van der Waals surface area contributed by atoms with Gasteiger partial charge in [-0.1, -0.05) is 49.4 Å². The van der Waals surface area contributed by atoms with Crippen LogP contribution in [0.5, 0.6) is 5.75 Å². The van der Waals surface area contributed by atoms with E-state index in [0.29, 0.717) is 5.75 Å². The van der Waals surface area contributed by atoms with Gasteiger partial charge in [0.2, 0.25) is 0 Å². The number of hydrazone groups is 1. The summed E-state index contributed by atoms with van der Waals surface area (Å²) < 4.78 is 11.1. The van der Waals surface area contributed by atoms with Crippen molar-refractivity contribution in [1.29, 1.82) is 0 Å². The molecule has 6 nitrogen and oxygen atoms in total. The molecule has 0 aromatic heterocycles. The number of hydrogen-bond acceptors (Lipinski definition) is 4. The van der Waals surface area contributed by atoms with Gasteiger partial charge in [-0.05, 0) is 31.0 Å². The van der Waals surface area contributed by atoms with E-state index >= 15 is 0 Å². The molecule has 0 spiro atoms. The molecule has 2 N–H and O–H groups in total. The molecule has 1 heterocycles. The lowest BCUT2D eigenvalue weighted by Crippen LogP contribution is -3.15. The fourth-order valence-electron chi connectivity index (χ4n) is 3.56. The van der Waals surface area contributed by atoms with Crippen molar-refractivity contribution < 1.29 is 19.2 Å². The minimum Gasteiger partial charge on any atom is -0.484 e. The Morgan fingerprint density at radius 3 is 2.48 bits per heavy atom. The first-order chi connectivity index (χ1) is 14.2. The molecule has 0 bridgehead atoms. The van der Waals surface area contributed by atoms with Crippen molar-refractivity contribution in [3.63, 3.8) is 0 Å². The Labute approximate surface area is 172 Å². The summed E-state index contributed by atoms with van der Waals surface area (Å²) in [5, 5.41) is 4.39. The van der Waals surface area contributed by atoms with Crippen LogP contribution in [0.2, 0.25) is 0 Å². The van der Waals surface area contributed by atoms with Gasteiger partial charge in [0.15, 0.2) is 12.6 Å². The number of nitrogens with zero attached hydrogens (tertiary/aromatic N) is 1. The molecule has 1 fully saturated rings. The number of nitrogens with one attached hydrogen (secondary N) is 2. The second kappa shape index (κ2) is 10.7. The van der Waals surface area contributed by atoms with Crippen LogP contribution < -0.4 is 15.1 Å². The molecule has 29 heavy (non-hydrogen) atoms. The number of aryl methyl sites for hydroxylation is 1. The minimum absolute atomic E-state index is 0.0668. The molecule has 1 aliphatic heterocycles. The first-order valence-corrected chi connectivity index (χ1v) is 10.2. The van der Waals surface area contributed by atoms with Gasteiger partial charge in [0.1, 0.15) is 18.8 Å². The molecule has 1 saturated heterocycles. The third-order valence-corrected chi connectivity index (χ3v) is 5.15. The number of quaternary nitrogens is 1. The van der Waals surface area contributed by atoms with Gasteiger partial charge in [0, 0.05) is 5.56 Å². The van der Waals surface area contributed by atoms with Crippen molar-refractivity contribution in [2.24, 2.45) is 5.10 Å². The highest BCUT2D eigenvalue weighted by Crippen LogP contribution is 2.13. The van der Waals surface area contributed by atoms with Crippen LogP contribution in [0.4, 0.5) is 0 Å². The van der Waals surface area contributed by atoms with Gasteiger partial charge >= 0.3 is 0 Å².